The molecule has 0 spiro atoms. The van der Waals surface area contributed by atoms with E-state index in [1.54, 1.807) is 0 Å². The fourth-order valence-corrected chi connectivity index (χ4v) is 2.25. The minimum absolute atomic E-state index is 0.0386. The maximum Gasteiger partial charge on any atom is 0.277 e. The van der Waals surface area contributed by atoms with Gasteiger partial charge >= 0.3 is 0 Å². The van der Waals surface area contributed by atoms with E-state index in [1.807, 2.05) is 32.0 Å². The zero-order valence-corrected chi connectivity index (χ0v) is 12.7. The fourth-order valence-electron chi connectivity index (χ4n) is 1.64. The predicted octanol–water partition coefficient (Wildman–Crippen LogP) is 3.04. The smallest absolute Gasteiger partial charge is 0.277 e. The molecule has 4 nitrogen and oxygen atoms in total. The van der Waals surface area contributed by atoms with Crippen LogP contribution in [0.2, 0.25) is 0 Å². The summed E-state index contributed by atoms with van der Waals surface area (Å²) < 4.78 is 6.28. The molecule has 0 radical (unpaired) electrons. The van der Waals surface area contributed by atoms with E-state index < -0.39 is 0 Å². The molecule has 0 atom stereocenters. The number of ether oxygens (including phenoxy) is 1. The van der Waals surface area contributed by atoms with E-state index in [0.29, 0.717) is 11.7 Å². The molecule has 1 aromatic rings. The molecule has 102 valence electrons. The van der Waals surface area contributed by atoms with Crippen LogP contribution in [0.1, 0.15) is 25.3 Å². The summed E-state index contributed by atoms with van der Waals surface area (Å²) in [4.78, 5) is 11.6. The zero-order chi connectivity index (χ0) is 13.8. The molecular formula is C14H17BrN2O2. The second-order valence-corrected chi connectivity index (χ2v) is 5.64. The Hall–Kier alpha value is -1.36. The average molecular weight is 325 g/mol. The second kappa shape index (κ2) is 6.19. The van der Waals surface area contributed by atoms with Gasteiger partial charge in [0.15, 0.2) is 6.61 Å². The van der Waals surface area contributed by atoms with Crippen molar-refractivity contribution in [1.82, 2.24) is 5.43 Å². The maximum absolute atomic E-state index is 11.6. The van der Waals surface area contributed by atoms with Gasteiger partial charge in [-0.3, -0.25) is 4.79 Å². The highest BCUT2D eigenvalue weighted by Crippen LogP contribution is 2.30. The SMILES string of the molecule is C/C(=N\NC(=O)COc1ccc(C)cc1Br)C1CC1. The molecule has 0 bridgehead atoms. The van der Waals surface area contributed by atoms with Crippen LogP contribution >= 0.6 is 15.9 Å². The summed E-state index contributed by atoms with van der Waals surface area (Å²) in [6, 6.07) is 5.72. The monoisotopic (exact) mass is 324 g/mol. The number of hydrazone groups is 1. The molecule has 1 fully saturated rings. The van der Waals surface area contributed by atoms with Crippen LogP contribution in [0.4, 0.5) is 0 Å². The summed E-state index contributed by atoms with van der Waals surface area (Å²) in [6.07, 6.45) is 2.36. The van der Waals surface area contributed by atoms with Gasteiger partial charge < -0.3 is 4.74 Å². The van der Waals surface area contributed by atoms with E-state index in [1.165, 1.54) is 12.8 Å². The lowest BCUT2D eigenvalue weighted by atomic mass is 10.2. The van der Waals surface area contributed by atoms with Gasteiger partial charge in [0.1, 0.15) is 5.75 Å². The van der Waals surface area contributed by atoms with Crippen molar-refractivity contribution in [2.45, 2.75) is 26.7 Å². The number of hydrogen-bond donors (Lipinski definition) is 1. The molecule has 1 aliphatic carbocycles. The molecule has 1 aromatic carbocycles. The number of nitrogens with zero attached hydrogens (tertiary/aromatic N) is 1. The Morgan fingerprint density at radius 3 is 2.89 bits per heavy atom. The number of hydrogen-bond acceptors (Lipinski definition) is 3. The number of aryl methyl sites for hydroxylation is 1. The largest absolute Gasteiger partial charge is 0.483 e. The summed E-state index contributed by atoms with van der Waals surface area (Å²) in [6.45, 7) is 3.90. The van der Waals surface area contributed by atoms with Gasteiger partial charge in [-0.15, -0.1) is 0 Å². The van der Waals surface area contributed by atoms with Crippen molar-refractivity contribution < 1.29 is 9.53 Å². The van der Waals surface area contributed by atoms with Crippen molar-refractivity contribution in [2.24, 2.45) is 11.0 Å². The van der Waals surface area contributed by atoms with Crippen LogP contribution in [0.25, 0.3) is 0 Å². The second-order valence-electron chi connectivity index (χ2n) is 4.78. The number of benzene rings is 1. The topological polar surface area (TPSA) is 50.7 Å². The third-order valence-electron chi connectivity index (χ3n) is 2.97. The first-order chi connectivity index (χ1) is 9.06. The zero-order valence-electron chi connectivity index (χ0n) is 11.1. The molecule has 1 amide bonds. The van der Waals surface area contributed by atoms with Gasteiger partial charge in [-0.1, -0.05) is 6.07 Å². The number of carbonyl (C=O) groups excluding carboxylic acids is 1. The third kappa shape index (κ3) is 4.35. The molecule has 1 saturated carbocycles. The highest BCUT2D eigenvalue weighted by Gasteiger charge is 2.24. The summed E-state index contributed by atoms with van der Waals surface area (Å²) in [5.41, 5.74) is 4.64. The quantitative estimate of drug-likeness (QED) is 0.668. The van der Waals surface area contributed by atoms with E-state index in [2.05, 4.69) is 26.5 Å². The molecule has 0 saturated heterocycles. The van der Waals surface area contributed by atoms with E-state index in [4.69, 9.17) is 4.74 Å². The van der Waals surface area contributed by atoms with Crippen molar-refractivity contribution in [3.63, 3.8) is 0 Å². The van der Waals surface area contributed by atoms with Crippen LogP contribution < -0.4 is 10.2 Å². The minimum atomic E-state index is -0.243. The van der Waals surface area contributed by atoms with Crippen LogP contribution in [-0.2, 0) is 4.79 Å². The Kier molecular flexibility index (Phi) is 4.58. The Bertz CT molecular complexity index is 510. The van der Waals surface area contributed by atoms with Crippen LogP contribution in [0.3, 0.4) is 0 Å². The molecule has 2 rings (SSSR count). The van der Waals surface area contributed by atoms with E-state index in [-0.39, 0.29) is 12.5 Å². The molecule has 1 N–H and O–H groups in total. The summed E-state index contributed by atoms with van der Waals surface area (Å²) >= 11 is 3.40. The first-order valence-corrected chi connectivity index (χ1v) is 7.07. The van der Waals surface area contributed by atoms with Crippen LogP contribution in [0.15, 0.2) is 27.8 Å². The Labute approximate surface area is 121 Å². The van der Waals surface area contributed by atoms with Crippen molar-refractivity contribution in [3.05, 3.63) is 28.2 Å². The molecule has 0 unspecified atom stereocenters. The molecule has 0 aromatic heterocycles. The van der Waals surface area contributed by atoms with Crippen LogP contribution in [-0.4, -0.2) is 18.2 Å². The molecular weight excluding hydrogens is 308 g/mol. The first kappa shape index (κ1) is 14.1. The summed E-state index contributed by atoms with van der Waals surface area (Å²) in [5.74, 6) is 0.976. The highest BCUT2D eigenvalue weighted by atomic mass is 79.9. The standard InChI is InChI=1S/C14H17BrN2O2/c1-9-3-6-13(12(15)7-9)19-8-14(18)17-16-10(2)11-4-5-11/h3,6-7,11H,4-5,8H2,1-2H3,(H,17,18)/b16-10+. The van der Waals surface area contributed by atoms with Gasteiger partial charge in [0, 0.05) is 5.71 Å². The molecule has 0 aliphatic heterocycles. The summed E-state index contributed by atoms with van der Waals surface area (Å²) in [7, 11) is 0. The van der Waals surface area contributed by atoms with Crippen molar-refractivity contribution in [1.29, 1.82) is 0 Å². The Balaban J connectivity index is 1.81. The van der Waals surface area contributed by atoms with E-state index >= 15 is 0 Å². The van der Waals surface area contributed by atoms with Crippen molar-refractivity contribution in [3.8, 4) is 5.75 Å². The van der Waals surface area contributed by atoms with E-state index in [0.717, 1.165) is 15.7 Å². The lowest BCUT2D eigenvalue weighted by Crippen LogP contribution is -2.25. The van der Waals surface area contributed by atoms with Gasteiger partial charge in [-0.2, -0.15) is 5.10 Å². The lowest BCUT2D eigenvalue weighted by molar-refractivity contribution is -0.123. The van der Waals surface area contributed by atoms with Gasteiger partial charge in [-0.05, 0) is 66.2 Å². The number of carbonyl (C=O) groups is 1. The predicted molar refractivity (Wildman–Crippen MR) is 78.3 cm³/mol. The molecule has 1 aliphatic rings. The molecule has 19 heavy (non-hydrogen) atoms. The van der Waals surface area contributed by atoms with Gasteiger partial charge in [0.05, 0.1) is 4.47 Å². The average Bonchev–Trinajstić information content (AvgIpc) is 3.19. The lowest BCUT2D eigenvalue weighted by Gasteiger charge is -2.08. The number of halogens is 1. The Morgan fingerprint density at radius 1 is 1.53 bits per heavy atom. The Morgan fingerprint density at radius 2 is 2.26 bits per heavy atom. The molecule has 0 heterocycles. The van der Waals surface area contributed by atoms with Crippen molar-refractivity contribution >= 4 is 27.5 Å². The summed E-state index contributed by atoms with van der Waals surface area (Å²) in [5, 5.41) is 4.06. The highest BCUT2D eigenvalue weighted by molar-refractivity contribution is 9.10. The number of nitrogens with one attached hydrogen (secondary N) is 1. The normalized spacial score (nSPS) is 15.2. The number of rotatable bonds is 5. The van der Waals surface area contributed by atoms with Crippen LogP contribution in [0.5, 0.6) is 5.75 Å². The molecule has 5 heteroatoms. The minimum Gasteiger partial charge on any atom is -0.483 e. The van der Waals surface area contributed by atoms with Gasteiger partial charge in [0.25, 0.3) is 5.91 Å². The van der Waals surface area contributed by atoms with Gasteiger partial charge in [0.2, 0.25) is 0 Å². The van der Waals surface area contributed by atoms with Gasteiger partial charge in [-0.25, -0.2) is 5.43 Å². The number of amides is 1. The van der Waals surface area contributed by atoms with Crippen LogP contribution in [0, 0.1) is 12.8 Å². The van der Waals surface area contributed by atoms with Crippen molar-refractivity contribution in [2.75, 3.05) is 6.61 Å². The third-order valence-corrected chi connectivity index (χ3v) is 3.59. The maximum atomic E-state index is 11.6. The fraction of sp³-hybridized carbons (Fsp3) is 0.429. The van der Waals surface area contributed by atoms with E-state index in [9.17, 15) is 4.79 Å². The first-order valence-electron chi connectivity index (χ1n) is 6.28.